The highest BCUT2D eigenvalue weighted by molar-refractivity contribution is 5.65. The van der Waals surface area contributed by atoms with Crippen LogP contribution >= 0.6 is 0 Å². The molecule has 2 nitrogen and oxygen atoms in total. The van der Waals surface area contributed by atoms with Crippen LogP contribution in [-0.2, 0) is 9.53 Å². The lowest BCUT2D eigenvalue weighted by Gasteiger charge is -2.02. The first kappa shape index (κ1) is 11.3. The van der Waals surface area contributed by atoms with Gasteiger partial charge in [0, 0.05) is 12.5 Å². The number of hydrogen-bond acceptors (Lipinski definition) is 2. The van der Waals surface area contributed by atoms with E-state index in [1.807, 2.05) is 37.3 Å². The van der Waals surface area contributed by atoms with Gasteiger partial charge >= 0.3 is 5.97 Å². The zero-order valence-electron chi connectivity index (χ0n) is 8.99. The normalized spacial score (nSPS) is 11.1. The molecule has 0 saturated heterocycles. The quantitative estimate of drug-likeness (QED) is 0.543. The summed E-state index contributed by atoms with van der Waals surface area (Å²) in [5.41, 5.74) is 0.979. The molecule has 0 amide bonds. The van der Waals surface area contributed by atoms with E-state index < -0.39 is 0 Å². The van der Waals surface area contributed by atoms with Gasteiger partial charge in [0.25, 0.3) is 0 Å². The van der Waals surface area contributed by atoms with E-state index in [1.54, 1.807) is 0 Å². The molecular formula is C13H14O2. The third-order valence-corrected chi connectivity index (χ3v) is 1.77. The summed E-state index contributed by atoms with van der Waals surface area (Å²) in [7, 11) is 0. The molecule has 1 atom stereocenters. The maximum Gasteiger partial charge on any atom is 0.302 e. The molecule has 0 heterocycles. The number of hydrogen-bond donors (Lipinski definition) is 0. The van der Waals surface area contributed by atoms with Crippen LogP contribution in [0.25, 0.3) is 0 Å². The third-order valence-electron chi connectivity index (χ3n) is 1.77. The van der Waals surface area contributed by atoms with E-state index in [-0.39, 0.29) is 11.9 Å². The molecule has 0 bridgehead atoms. The van der Waals surface area contributed by atoms with Crippen LogP contribution in [0.5, 0.6) is 0 Å². The molecule has 0 saturated carbocycles. The van der Waals surface area contributed by atoms with Gasteiger partial charge in [0.15, 0.2) is 0 Å². The first-order chi connectivity index (χ1) is 7.18. The molecule has 1 aromatic rings. The van der Waals surface area contributed by atoms with Crippen LogP contribution in [0.4, 0.5) is 0 Å². The van der Waals surface area contributed by atoms with E-state index in [0.717, 1.165) is 5.56 Å². The molecule has 0 aliphatic carbocycles. The highest BCUT2D eigenvalue weighted by atomic mass is 16.5. The van der Waals surface area contributed by atoms with Gasteiger partial charge in [-0.25, -0.2) is 0 Å². The molecule has 0 fully saturated rings. The SMILES string of the molecule is CC(=O)OCC(C)C#Cc1ccccc1. The standard InChI is InChI=1S/C13H14O2/c1-11(10-15-12(2)14)8-9-13-6-4-3-5-7-13/h3-7,11H,10H2,1-2H3. The molecular weight excluding hydrogens is 188 g/mol. The second-order valence-electron chi connectivity index (χ2n) is 3.34. The Labute approximate surface area is 90.3 Å². The lowest BCUT2D eigenvalue weighted by Crippen LogP contribution is -2.07. The summed E-state index contributed by atoms with van der Waals surface area (Å²) < 4.78 is 4.85. The highest BCUT2D eigenvalue weighted by Crippen LogP contribution is 1.98. The van der Waals surface area contributed by atoms with Crippen LogP contribution in [0.3, 0.4) is 0 Å². The zero-order chi connectivity index (χ0) is 11.1. The van der Waals surface area contributed by atoms with Crippen LogP contribution in [-0.4, -0.2) is 12.6 Å². The monoisotopic (exact) mass is 202 g/mol. The van der Waals surface area contributed by atoms with Crippen molar-refractivity contribution in [2.24, 2.45) is 5.92 Å². The Morgan fingerprint density at radius 3 is 2.67 bits per heavy atom. The Morgan fingerprint density at radius 1 is 1.40 bits per heavy atom. The minimum absolute atomic E-state index is 0.0640. The second kappa shape index (κ2) is 5.87. The van der Waals surface area contributed by atoms with Crippen molar-refractivity contribution < 1.29 is 9.53 Å². The second-order valence-corrected chi connectivity index (χ2v) is 3.34. The zero-order valence-corrected chi connectivity index (χ0v) is 8.99. The van der Waals surface area contributed by atoms with Crippen molar-refractivity contribution in [1.29, 1.82) is 0 Å². The maximum absolute atomic E-state index is 10.6. The number of carbonyl (C=O) groups is 1. The summed E-state index contributed by atoms with van der Waals surface area (Å²) >= 11 is 0. The minimum atomic E-state index is -0.261. The molecule has 0 aliphatic rings. The number of carbonyl (C=O) groups excluding carboxylic acids is 1. The van der Waals surface area contributed by atoms with Gasteiger partial charge in [0.2, 0.25) is 0 Å². The van der Waals surface area contributed by atoms with Crippen molar-refractivity contribution in [2.75, 3.05) is 6.61 Å². The van der Waals surface area contributed by atoms with Gasteiger partial charge in [-0.3, -0.25) is 4.79 Å². The van der Waals surface area contributed by atoms with E-state index in [2.05, 4.69) is 11.8 Å². The van der Waals surface area contributed by atoms with E-state index >= 15 is 0 Å². The van der Waals surface area contributed by atoms with Crippen LogP contribution in [0.1, 0.15) is 19.4 Å². The summed E-state index contributed by atoms with van der Waals surface area (Å²) in [6.07, 6.45) is 0. The van der Waals surface area contributed by atoms with Gasteiger partial charge in [-0.15, -0.1) is 0 Å². The van der Waals surface area contributed by atoms with Gasteiger partial charge < -0.3 is 4.74 Å². The van der Waals surface area contributed by atoms with Crippen LogP contribution in [0.2, 0.25) is 0 Å². The van der Waals surface area contributed by atoms with E-state index in [9.17, 15) is 4.79 Å². The number of rotatable bonds is 2. The summed E-state index contributed by atoms with van der Waals surface area (Å²) in [6.45, 7) is 3.69. The van der Waals surface area contributed by atoms with Gasteiger partial charge in [0.05, 0.1) is 5.92 Å². The van der Waals surface area contributed by atoms with E-state index in [4.69, 9.17) is 4.74 Å². The van der Waals surface area contributed by atoms with Crippen molar-refractivity contribution in [2.45, 2.75) is 13.8 Å². The summed E-state index contributed by atoms with van der Waals surface area (Å²) in [5.74, 6) is 5.86. The summed E-state index contributed by atoms with van der Waals surface area (Å²) in [6, 6.07) is 9.74. The Bertz CT molecular complexity index is 371. The summed E-state index contributed by atoms with van der Waals surface area (Å²) in [4.78, 5) is 10.6. The van der Waals surface area contributed by atoms with Gasteiger partial charge in [0.1, 0.15) is 6.61 Å². The fraction of sp³-hybridized carbons (Fsp3) is 0.308. The van der Waals surface area contributed by atoms with Gasteiger partial charge in [-0.05, 0) is 19.1 Å². The number of benzene rings is 1. The first-order valence-electron chi connectivity index (χ1n) is 4.88. The van der Waals surface area contributed by atoms with Crippen molar-refractivity contribution in [3.63, 3.8) is 0 Å². The predicted molar refractivity (Wildman–Crippen MR) is 59.1 cm³/mol. The highest BCUT2D eigenvalue weighted by Gasteiger charge is 1.99. The molecule has 0 aliphatic heterocycles. The van der Waals surface area contributed by atoms with E-state index in [0.29, 0.717) is 6.61 Å². The predicted octanol–water partition coefficient (Wildman–Crippen LogP) is 2.24. The van der Waals surface area contributed by atoms with Crippen LogP contribution < -0.4 is 0 Å². The topological polar surface area (TPSA) is 26.3 Å². The van der Waals surface area contributed by atoms with Crippen molar-refractivity contribution in [3.8, 4) is 11.8 Å². The summed E-state index contributed by atoms with van der Waals surface area (Å²) in [5, 5.41) is 0. The third kappa shape index (κ3) is 4.87. The van der Waals surface area contributed by atoms with Gasteiger partial charge in [-0.2, -0.15) is 0 Å². The maximum atomic E-state index is 10.6. The van der Waals surface area contributed by atoms with Crippen molar-refractivity contribution >= 4 is 5.97 Å². The Kier molecular flexibility index (Phi) is 4.43. The molecule has 0 N–H and O–H groups in total. The Morgan fingerprint density at radius 2 is 2.07 bits per heavy atom. The lowest BCUT2D eigenvalue weighted by molar-refractivity contribution is -0.141. The Balaban J connectivity index is 2.47. The Hall–Kier alpha value is -1.75. The minimum Gasteiger partial charge on any atom is -0.465 e. The first-order valence-corrected chi connectivity index (χ1v) is 4.88. The molecule has 1 aromatic carbocycles. The molecule has 1 rings (SSSR count). The van der Waals surface area contributed by atoms with Crippen molar-refractivity contribution in [3.05, 3.63) is 35.9 Å². The van der Waals surface area contributed by atoms with E-state index in [1.165, 1.54) is 6.92 Å². The average Bonchev–Trinajstić information content (AvgIpc) is 2.25. The number of ether oxygens (including phenoxy) is 1. The van der Waals surface area contributed by atoms with Crippen LogP contribution in [0, 0.1) is 17.8 Å². The average molecular weight is 202 g/mol. The molecule has 78 valence electrons. The molecule has 15 heavy (non-hydrogen) atoms. The molecule has 1 unspecified atom stereocenters. The molecule has 0 spiro atoms. The van der Waals surface area contributed by atoms with Crippen molar-refractivity contribution in [1.82, 2.24) is 0 Å². The lowest BCUT2D eigenvalue weighted by atomic mass is 10.1. The fourth-order valence-electron chi connectivity index (χ4n) is 1.01. The smallest absolute Gasteiger partial charge is 0.302 e. The van der Waals surface area contributed by atoms with Gasteiger partial charge in [-0.1, -0.05) is 30.0 Å². The van der Waals surface area contributed by atoms with Crippen LogP contribution in [0.15, 0.2) is 30.3 Å². The fourth-order valence-corrected chi connectivity index (χ4v) is 1.01. The number of esters is 1. The molecule has 0 radical (unpaired) electrons. The molecule has 0 aromatic heterocycles. The molecule has 2 heteroatoms. The largest absolute Gasteiger partial charge is 0.465 e.